The van der Waals surface area contributed by atoms with E-state index in [4.69, 9.17) is 5.11 Å². The van der Waals surface area contributed by atoms with Crippen LogP contribution in [0.2, 0.25) is 0 Å². The fourth-order valence-corrected chi connectivity index (χ4v) is 1.04. The highest BCUT2D eigenvalue weighted by atomic mass is 16.3. The van der Waals surface area contributed by atoms with Gasteiger partial charge in [-0.2, -0.15) is 0 Å². The Kier molecular flexibility index (Phi) is 4.08. The van der Waals surface area contributed by atoms with Gasteiger partial charge < -0.3 is 5.11 Å². The van der Waals surface area contributed by atoms with E-state index in [9.17, 15) is 0 Å². The van der Waals surface area contributed by atoms with Gasteiger partial charge in [-0.15, -0.1) is 0 Å². The average molecular weight is 174 g/mol. The first-order valence-electron chi connectivity index (χ1n) is 4.55. The molecule has 0 atom stereocenters. The maximum absolute atomic E-state index is 8.89. The summed E-state index contributed by atoms with van der Waals surface area (Å²) in [6, 6.07) is 7.69. The van der Waals surface area contributed by atoms with Gasteiger partial charge in [0.1, 0.15) is 0 Å². The van der Waals surface area contributed by atoms with Gasteiger partial charge in [0.05, 0.1) is 6.61 Å². The van der Waals surface area contributed by atoms with Crippen LogP contribution in [-0.2, 0) is 6.61 Å². The Balaban J connectivity index is 2.73. The lowest BCUT2D eigenvalue weighted by Crippen LogP contribution is -1.83. The first-order valence-corrected chi connectivity index (χ1v) is 4.55. The van der Waals surface area contributed by atoms with Crippen molar-refractivity contribution in [2.24, 2.45) is 0 Å². The molecule has 0 bridgehead atoms. The number of aliphatic hydroxyl groups excluding tert-OH is 1. The van der Waals surface area contributed by atoms with Gasteiger partial charge in [0.15, 0.2) is 0 Å². The molecule has 0 spiro atoms. The van der Waals surface area contributed by atoms with E-state index in [1.54, 1.807) is 0 Å². The third-order valence-electron chi connectivity index (χ3n) is 1.72. The predicted molar refractivity (Wildman–Crippen MR) is 54.2 cm³/mol. The van der Waals surface area contributed by atoms with Gasteiger partial charge in [0.2, 0.25) is 0 Å². The summed E-state index contributed by atoms with van der Waals surface area (Å²) in [4.78, 5) is 0. The lowest BCUT2D eigenvalue weighted by atomic mass is 10.1. The summed E-state index contributed by atoms with van der Waals surface area (Å²) in [5.41, 5.74) is 1.91. The minimum atomic E-state index is 0.0866. The van der Waals surface area contributed by atoms with Crippen molar-refractivity contribution in [3.63, 3.8) is 0 Å². The zero-order valence-corrected chi connectivity index (χ0v) is 7.88. The Bertz CT molecular complexity index is 317. The molecule has 1 N–H and O–H groups in total. The van der Waals surface area contributed by atoms with Crippen LogP contribution in [0.5, 0.6) is 0 Å². The van der Waals surface area contributed by atoms with Crippen molar-refractivity contribution in [2.45, 2.75) is 26.4 Å². The maximum Gasteiger partial charge on any atom is 0.0682 e. The molecule has 0 amide bonds. The Hall–Kier alpha value is -1.26. The van der Waals surface area contributed by atoms with Crippen LogP contribution in [-0.4, -0.2) is 5.11 Å². The second-order valence-electron chi connectivity index (χ2n) is 2.91. The predicted octanol–water partition coefficient (Wildman–Crippen LogP) is 2.33. The number of unbranched alkanes of at least 4 members (excludes halogenated alkanes) is 1. The van der Waals surface area contributed by atoms with Crippen molar-refractivity contribution in [1.82, 2.24) is 0 Å². The van der Waals surface area contributed by atoms with Gasteiger partial charge in [0.25, 0.3) is 0 Å². The largest absolute Gasteiger partial charge is 0.392 e. The molecule has 0 saturated carbocycles. The molecular weight excluding hydrogens is 160 g/mol. The molecule has 1 aromatic carbocycles. The lowest BCUT2D eigenvalue weighted by molar-refractivity contribution is 0.282. The smallest absolute Gasteiger partial charge is 0.0682 e. The Morgan fingerprint density at radius 2 is 2.23 bits per heavy atom. The summed E-state index contributed by atoms with van der Waals surface area (Å²) in [7, 11) is 0. The van der Waals surface area contributed by atoms with E-state index in [-0.39, 0.29) is 6.61 Å². The molecule has 0 radical (unpaired) electrons. The highest BCUT2D eigenvalue weighted by molar-refractivity contribution is 5.36. The lowest BCUT2D eigenvalue weighted by Gasteiger charge is -1.95. The summed E-state index contributed by atoms with van der Waals surface area (Å²) in [5, 5.41) is 8.89. The third-order valence-corrected chi connectivity index (χ3v) is 1.72. The summed E-state index contributed by atoms with van der Waals surface area (Å²) < 4.78 is 0. The number of hydrogen-bond acceptors (Lipinski definition) is 1. The standard InChI is InChI=1S/C12H14O/c1-2-3-4-6-11-7-5-8-12(9-11)10-13/h5,7-9,13H,2-3,10H2,1H3. The minimum Gasteiger partial charge on any atom is -0.392 e. The van der Waals surface area contributed by atoms with Crippen LogP contribution in [0.4, 0.5) is 0 Å². The highest BCUT2D eigenvalue weighted by Crippen LogP contribution is 2.03. The molecule has 1 rings (SSSR count). The van der Waals surface area contributed by atoms with Crippen molar-refractivity contribution in [2.75, 3.05) is 0 Å². The third kappa shape index (κ3) is 3.31. The van der Waals surface area contributed by atoms with E-state index in [2.05, 4.69) is 18.8 Å². The number of rotatable bonds is 2. The number of hydrogen-bond donors (Lipinski definition) is 1. The fraction of sp³-hybridized carbons (Fsp3) is 0.333. The van der Waals surface area contributed by atoms with Gasteiger partial charge in [0, 0.05) is 12.0 Å². The van der Waals surface area contributed by atoms with Crippen molar-refractivity contribution < 1.29 is 5.11 Å². The van der Waals surface area contributed by atoms with Crippen LogP contribution in [0.25, 0.3) is 0 Å². The molecule has 68 valence electrons. The molecule has 1 aromatic rings. The molecule has 0 fully saturated rings. The molecule has 1 nitrogen and oxygen atoms in total. The van der Waals surface area contributed by atoms with Gasteiger partial charge in [-0.3, -0.25) is 0 Å². The average Bonchev–Trinajstić information content (AvgIpc) is 2.19. The SMILES string of the molecule is CCCC#Cc1cccc(CO)c1. The van der Waals surface area contributed by atoms with E-state index in [0.29, 0.717) is 0 Å². The monoisotopic (exact) mass is 174 g/mol. The van der Waals surface area contributed by atoms with E-state index >= 15 is 0 Å². The number of aliphatic hydroxyl groups is 1. The topological polar surface area (TPSA) is 20.2 Å². The summed E-state index contributed by atoms with van der Waals surface area (Å²) in [6.07, 6.45) is 2.02. The van der Waals surface area contributed by atoms with Crippen LogP contribution in [0.15, 0.2) is 24.3 Å². The van der Waals surface area contributed by atoms with E-state index in [1.807, 2.05) is 24.3 Å². The van der Waals surface area contributed by atoms with E-state index in [1.165, 1.54) is 0 Å². The Morgan fingerprint density at radius 1 is 1.38 bits per heavy atom. The van der Waals surface area contributed by atoms with Crippen molar-refractivity contribution >= 4 is 0 Å². The van der Waals surface area contributed by atoms with Crippen molar-refractivity contribution in [3.05, 3.63) is 35.4 Å². The van der Waals surface area contributed by atoms with Gasteiger partial charge >= 0.3 is 0 Å². The molecule has 0 aliphatic heterocycles. The first-order chi connectivity index (χ1) is 6.36. The molecule has 0 saturated heterocycles. The molecule has 0 unspecified atom stereocenters. The molecule has 13 heavy (non-hydrogen) atoms. The zero-order valence-electron chi connectivity index (χ0n) is 7.88. The minimum absolute atomic E-state index is 0.0866. The summed E-state index contributed by atoms with van der Waals surface area (Å²) in [6.45, 7) is 2.20. The Morgan fingerprint density at radius 3 is 2.92 bits per heavy atom. The summed E-state index contributed by atoms with van der Waals surface area (Å²) >= 11 is 0. The summed E-state index contributed by atoms with van der Waals surface area (Å²) in [5.74, 6) is 6.13. The van der Waals surface area contributed by atoms with Crippen molar-refractivity contribution in [3.8, 4) is 11.8 Å². The van der Waals surface area contributed by atoms with Crippen LogP contribution < -0.4 is 0 Å². The van der Waals surface area contributed by atoms with Gasteiger partial charge in [-0.05, 0) is 24.1 Å². The molecule has 0 heterocycles. The van der Waals surface area contributed by atoms with Crippen LogP contribution in [0.1, 0.15) is 30.9 Å². The molecule has 0 aromatic heterocycles. The first kappa shape index (κ1) is 9.83. The Labute approximate surface area is 79.4 Å². The van der Waals surface area contributed by atoms with Crippen LogP contribution in [0.3, 0.4) is 0 Å². The second-order valence-corrected chi connectivity index (χ2v) is 2.91. The molecule has 0 aliphatic rings. The maximum atomic E-state index is 8.89. The normalized spacial score (nSPS) is 9.08. The molecular formula is C12H14O. The zero-order chi connectivity index (χ0) is 9.52. The molecule has 0 aliphatic carbocycles. The molecule has 1 heteroatoms. The van der Waals surface area contributed by atoms with Crippen LogP contribution >= 0.6 is 0 Å². The number of benzene rings is 1. The van der Waals surface area contributed by atoms with Gasteiger partial charge in [-0.25, -0.2) is 0 Å². The second kappa shape index (κ2) is 5.40. The fourth-order valence-electron chi connectivity index (χ4n) is 1.04. The van der Waals surface area contributed by atoms with Crippen LogP contribution in [0, 0.1) is 11.8 Å². The van der Waals surface area contributed by atoms with E-state index in [0.717, 1.165) is 24.0 Å². The van der Waals surface area contributed by atoms with Gasteiger partial charge in [-0.1, -0.05) is 30.9 Å². The highest BCUT2D eigenvalue weighted by Gasteiger charge is 1.90. The van der Waals surface area contributed by atoms with Crippen molar-refractivity contribution in [1.29, 1.82) is 0 Å². The quantitative estimate of drug-likeness (QED) is 0.682. The van der Waals surface area contributed by atoms with E-state index < -0.39 is 0 Å².